The number of nitrogens with zero attached hydrogens (tertiary/aromatic N) is 3. The van der Waals surface area contributed by atoms with Gasteiger partial charge in [0.15, 0.2) is 0 Å². The van der Waals surface area contributed by atoms with E-state index in [1.54, 1.807) is 0 Å². The molecule has 1 aromatic heterocycles. The van der Waals surface area contributed by atoms with Crippen LogP contribution in [0, 0.1) is 24.0 Å². The Hall–Kier alpha value is -4.79. The minimum absolute atomic E-state index is 0.0105. The van der Waals surface area contributed by atoms with Gasteiger partial charge in [0.2, 0.25) is 17.5 Å². The molecule has 9 nitrogen and oxygen atoms in total. The molecule has 4 rings (SSSR count). The number of carbonyl (C=O) groups excluding carboxylic acids is 1. The predicted octanol–water partition coefficient (Wildman–Crippen LogP) is 5.02. The highest BCUT2D eigenvalue weighted by molar-refractivity contribution is 5.88. The molecule has 176 valence electrons. The third-order valence-corrected chi connectivity index (χ3v) is 5.47. The van der Waals surface area contributed by atoms with Crippen molar-refractivity contribution in [1.29, 1.82) is 0 Å². The number of nitro groups is 1. The van der Waals surface area contributed by atoms with Crippen LogP contribution in [-0.2, 0) is 4.79 Å². The van der Waals surface area contributed by atoms with Gasteiger partial charge in [0, 0.05) is 5.69 Å². The number of hydrogen-bond donors (Lipinski definition) is 3. The first-order chi connectivity index (χ1) is 16.9. The summed E-state index contributed by atoms with van der Waals surface area (Å²) in [5, 5.41) is 14.9. The van der Waals surface area contributed by atoms with Crippen LogP contribution >= 0.6 is 0 Å². The van der Waals surface area contributed by atoms with E-state index in [1.807, 2.05) is 92.7 Å². The van der Waals surface area contributed by atoms with E-state index < -0.39 is 10.8 Å². The van der Waals surface area contributed by atoms with Gasteiger partial charge in [-0.3, -0.25) is 25.8 Å². The quantitative estimate of drug-likeness (QED) is 0.245. The molecule has 9 heteroatoms. The van der Waals surface area contributed by atoms with Crippen LogP contribution in [0.4, 0.5) is 23.0 Å². The molecule has 1 heterocycles. The molecule has 3 aromatic carbocycles. The summed E-state index contributed by atoms with van der Waals surface area (Å²) in [6, 6.07) is 24.3. The molecule has 0 atom stereocenters. The summed E-state index contributed by atoms with van der Waals surface area (Å²) in [6.07, 6.45) is 1.19. The van der Waals surface area contributed by atoms with Crippen molar-refractivity contribution in [3.63, 3.8) is 0 Å². The van der Waals surface area contributed by atoms with E-state index in [1.165, 1.54) is 6.33 Å². The highest BCUT2D eigenvalue weighted by Gasteiger charge is 2.26. The van der Waals surface area contributed by atoms with Crippen molar-refractivity contribution in [2.75, 3.05) is 10.7 Å². The van der Waals surface area contributed by atoms with E-state index in [-0.39, 0.29) is 23.2 Å². The van der Waals surface area contributed by atoms with Gasteiger partial charge >= 0.3 is 5.69 Å². The Balaban J connectivity index is 1.60. The van der Waals surface area contributed by atoms with Crippen LogP contribution in [0.5, 0.6) is 0 Å². The molecule has 0 aliphatic heterocycles. The lowest BCUT2D eigenvalue weighted by atomic mass is 9.91. The summed E-state index contributed by atoms with van der Waals surface area (Å²) in [6.45, 7) is 3.86. The normalized spacial score (nSPS) is 10.6. The van der Waals surface area contributed by atoms with Crippen LogP contribution in [-0.4, -0.2) is 20.8 Å². The van der Waals surface area contributed by atoms with Crippen LogP contribution in [0.2, 0.25) is 0 Å². The molecule has 35 heavy (non-hydrogen) atoms. The van der Waals surface area contributed by atoms with Crippen LogP contribution in [0.3, 0.4) is 0 Å². The molecule has 0 saturated heterocycles. The van der Waals surface area contributed by atoms with Gasteiger partial charge in [-0.05, 0) is 36.6 Å². The van der Waals surface area contributed by atoms with Crippen molar-refractivity contribution >= 4 is 28.9 Å². The fourth-order valence-electron chi connectivity index (χ4n) is 3.80. The zero-order chi connectivity index (χ0) is 24.8. The van der Waals surface area contributed by atoms with Crippen molar-refractivity contribution in [3.8, 4) is 0 Å². The zero-order valence-corrected chi connectivity index (χ0v) is 19.2. The highest BCUT2D eigenvalue weighted by atomic mass is 16.6. The van der Waals surface area contributed by atoms with Gasteiger partial charge in [0.05, 0.1) is 10.8 Å². The van der Waals surface area contributed by atoms with Crippen LogP contribution in [0.25, 0.3) is 0 Å². The maximum atomic E-state index is 13.2. The molecule has 1 amide bonds. The standard InChI is InChI=1S/C26H24N6O3/c1-17-13-14-21(18(2)15-17)29-24-23(32(34)35)25(28-16-27-24)30-31-26(33)22(19-9-5-3-6-10-19)20-11-7-4-8-12-20/h3-16,22H,1-2H3,(H,31,33)(H2,27,28,29,30). The summed E-state index contributed by atoms with van der Waals surface area (Å²) in [5.74, 6) is -1.14. The van der Waals surface area contributed by atoms with Crippen molar-refractivity contribution in [2.45, 2.75) is 19.8 Å². The Kier molecular flexibility index (Phi) is 6.96. The Morgan fingerprint density at radius 3 is 2.06 bits per heavy atom. The van der Waals surface area contributed by atoms with E-state index in [0.29, 0.717) is 5.69 Å². The molecule has 0 bridgehead atoms. The van der Waals surface area contributed by atoms with Crippen LogP contribution in [0.1, 0.15) is 28.2 Å². The first kappa shape index (κ1) is 23.4. The summed E-state index contributed by atoms with van der Waals surface area (Å²) >= 11 is 0. The summed E-state index contributed by atoms with van der Waals surface area (Å²) < 4.78 is 0. The number of hydrazine groups is 1. The van der Waals surface area contributed by atoms with Crippen LogP contribution in [0.15, 0.2) is 85.2 Å². The molecule has 0 saturated carbocycles. The smallest absolute Gasteiger partial charge is 0.334 e. The lowest BCUT2D eigenvalue weighted by molar-refractivity contribution is -0.383. The summed E-state index contributed by atoms with van der Waals surface area (Å²) in [5.41, 5.74) is 9.07. The second-order valence-electron chi connectivity index (χ2n) is 7.99. The number of anilines is 3. The predicted molar refractivity (Wildman–Crippen MR) is 134 cm³/mol. The number of rotatable bonds is 8. The molecule has 0 aliphatic rings. The number of benzene rings is 3. The fraction of sp³-hybridized carbons (Fsp3) is 0.115. The average molecular weight is 469 g/mol. The van der Waals surface area contributed by atoms with Crippen molar-refractivity contribution in [1.82, 2.24) is 15.4 Å². The van der Waals surface area contributed by atoms with E-state index in [2.05, 4.69) is 26.1 Å². The topological polar surface area (TPSA) is 122 Å². The van der Waals surface area contributed by atoms with Gasteiger partial charge in [0.25, 0.3) is 0 Å². The van der Waals surface area contributed by atoms with Gasteiger partial charge in [-0.2, -0.15) is 0 Å². The number of carbonyl (C=O) groups is 1. The molecular weight excluding hydrogens is 444 g/mol. The SMILES string of the molecule is Cc1ccc(Nc2ncnc(NNC(=O)C(c3ccccc3)c3ccccc3)c2[N+](=O)[O-])c(C)c1. The number of aromatic nitrogens is 2. The minimum Gasteiger partial charge on any atom is -0.334 e. The van der Waals surface area contributed by atoms with Crippen molar-refractivity contribution in [3.05, 3.63) is 118 Å². The number of nitrogens with one attached hydrogen (secondary N) is 3. The molecular formula is C26H24N6O3. The lowest BCUT2D eigenvalue weighted by Crippen LogP contribution is -2.35. The Morgan fingerprint density at radius 1 is 0.886 bits per heavy atom. The molecule has 0 aliphatic carbocycles. The highest BCUT2D eigenvalue weighted by Crippen LogP contribution is 2.32. The van der Waals surface area contributed by atoms with Gasteiger partial charge in [0.1, 0.15) is 6.33 Å². The third kappa shape index (κ3) is 5.41. The number of amides is 1. The molecule has 0 radical (unpaired) electrons. The van der Waals surface area contributed by atoms with Gasteiger partial charge in [-0.1, -0.05) is 78.4 Å². The molecule has 3 N–H and O–H groups in total. The molecule has 4 aromatic rings. The van der Waals surface area contributed by atoms with Gasteiger partial charge in [-0.15, -0.1) is 0 Å². The monoisotopic (exact) mass is 468 g/mol. The van der Waals surface area contributed by atoms with E-state index in [4.69, 9.17) is 0 Å². The number of aryl methyl sites for hydroxylation is 2. The van der Waals surface area contributed by atoms with Gasteiger partial charge < -0.3 is 5.32 Å². The second-order valence-corrected chi connectivity index (χ2v) is 7.99. The van der Waals surface area contributed by atoms with Gasteiger partial charge in [-0.25, -0.2) is 9.97 Å². The maximum Gasteiger partial charge on any atom is 0.355 e. The average Bonchev–Trinajstić information content (AvgIpc) is 2.86. The van der Waals surface area contributed by atoms with Crippen LogP contribution < -0.4 is 16.2 Å². The largest absolute Gasteiger partial charge is 0.355 e. The van der Waals surface area contributed by atoms with Crippen molar-refractivity contribution in [2.24, 2.45) is 0 Å². The third-order valence-electron chi connectivity index (χ3n) is 5.47. The Labute approximate surface area is 202 Å². The fourth-order valence-corrected chi connectivity index (χ4v) is 3.80. The number of hydrogen-bond acceptors (Lipinski definition) is 7. The molecule has 0 unspecified atom stereocenters. The molecule has 0 spiro atoms. The van der Waals surface area contributed by atoms with E-state index in [0.717, 1.165) is 22.3 Å². The summed E-state index contributed by atoms with van der Waals surface area (Å²) in [7, 11) is 0. The Morgan fingerprint density at radius 2 is 1.49 bits per heavy atom. The second kappa shape index (κ2) is 10.4. The lowest BCUT2D eigenvalue weighted by Gasteiger charge is -2.18. The minimum atomic E-state index is -0.626. The zero-order valence-electron chi connectivity index (χ0n) is 19.2. The molecule has 0 fully saturated rings. The van der Waals surface area contributed by atoms with E-state index >= 15 is 0 Å². The summed E-state index contributed by atoms with van der Waals surface area (Å²) in [4.78, 5) is 32.6. The first-order valence-corrected chi connectivity index (χ1v) is 10.9. The Bertz CT molecular complexity index is 1310. The van der Waals surface area contributed by atoms with E-state index in [9.17, 15) is 14.9 Å². The van der Waals surface area contributed by atoms with Crippen molar-refractivity contribution < 1.29 is 9.72 Å². The maximum absolute atomic E-state index is 13.2. The first-order valence-electron chi connectivity index (χ1n) is 10.9.